The van der Waals surface area contributed by atoms with Crippen molar-refractivity contribution in [2.75, 3.05) is 6.61 Å². The zero-order valence-electron chi connectivity index (χ0n) is 15.5. The van der Waals surface area contributed by atoms with Crippen molar-refractivity contribution in [3.63, 3.8) is 0 Å². The van der Waals surface area contributed by atoms with Gasteiger partial charge in [-0.15, -0.1) is 0 Å². The number of aliphatic hydroxyl groups is 1. The molecule has 1 aliphatic rings. The third kappa shape index (κ3) is 5.73. The van der Waals surface area contributed by atoms with Crippen LogP contribution in [-0.2, 0) is 47.7 Å². The summed E-state index contributed by atoms with van der Waals surface area (Å²) in [5.41, 5.74) is 0. The molecular formula is C16H22O11. The van der Waals surface area contributed by atoms with Crippen molar-refractivity contribution in [2.45, 2.75) is 64.8 Å². The molecule has 0 aliphatic carbocycles. The van der Waals surface area contributed by atoms with E-state index in [-0.39, 0.29) is 0 Å². The molecule has 0 aromatic rings. The van der Waals surface area contributed by atoms with E-state index in [0.717, 1.165) is 34.6 Å². The van der Waals surface area contributed by atoms with Crippen LogP contribution < -0.4 is 0 Å². The van der Waals surface area contributed by atoms with Crippen molar-refractivity contribution < 1.29 is 52.8 Å². The van der Waals surface area contributed by atoms with Crippen molar-refractivity contribution in [1.29, 1.82) is 0 Å². The molecule has 152 valence electrons. The Morgan fingerprint density at radius 2 is 1.30 bits per heavy atom. The van der Waals surface area contributed by atoms with Gasteiger partial charge in [0.15, 0.2) is 18.0 Å². The standard InChI is InChI=1S/C16H22O11/c1-7(17)16(22)15(26-11(5)21)14(25-10(4)20)13(24-9(3)19)12(27-16)6-23-8(2)18/h12-15,22H,6H2,1-5H3/t12-,13-,14-,15-,16-/m1/s1. The summed E-state index contributed by atoms with van der Waals surface area (Å²) in [6, 6.07) is 0. The Morgan fingerprint density at radius 3 is 1.70 bits per heavy atom. The summed E-state index contributed by atoms with van der Waals surface area (Å²) in [4.78, 5) is 57.6. The lowest BCUT2D eigenvalue weighted by atomic mass is 9.89. The molecule has 0 spiro atoms. The van der Waals surface area contributed by atoms with Gasteiger partial charge in [0.2, 0.25) is 6.10 Å². The third-order valence-electron chi connectivity index (χ3n) is 3.56. The fraction of sp³-hybridized carbons (Fsp3) is 0.688. The van der Waals surface area contributed by atoms with Crippen LogP contribution in [-0.4, -0.2) is 71.6 Å². The number of hydrogen-bond acceptors (Lipinski definition) is 11. The van der Waals surface area contributed by atoms with E-state index in [4.69, 9.17) is 23.7 Å². The van der Waals surface area contributed by atoms with E-state index >= 15 is 0 Å². The van der Waals surface area contributed by atoms with Crippen LogP contribution in [0.15, 0.2) is 0 Å². The maximum atomic E-state index is 12.0. The van der Waals surface area contributed by atoms with Crippen LogP contribution in [0.2, 0.25) is 0 Å². The minimum Gasteiger partial charge on any atom is -0.463 e. The summed E-state index contributed by atoms with van der Waals surface area (Å²) < 4.78 is 25.2. The second-order valence-electron chi connectivity index (χ2n) is 5.89. The summed E-state index contributed by atoms with van der Waals surface area (Å²) in [6.45, 7) is 4.60. The number of rotatable bonds is 6. The summed E-state index contributed by atoms with van der Waals surface area (Å²) in [6.07, 6.45) is -6.24. The highest BCUT2D eigenvalue weighted by atomic mass is 16.7. The van der Waals surface area contributed by atoms with Gasteiger partial charge in [0, 0.05) is 34.6 Å². The Morgan fingerprint density at radius 1 is 0.815 bits per heavy atom. The lowest BCUT2D eigenvalue weighted by Gasteiger charge is -2.47. The summed E-state index contributed by atoms with van der Waals surface area (Å²) >= 11 is 0. The second-order valence-corrected chi connectivity index (χ2v) is 5.89. The summed E-state index contributed by atoms with van der Waals surface area (Å²) in [5.74, 6) is -7.01. The predicted molar refractivity (Wildman–Crippen MR) is 83.8 cm³/mol. The highest BCUT2D eigenvalue weighted by Crippen LogP contribution is 2.35. The molecule has 1 heterocycles. The van der Waals surface area contributed by atoms with E-state index < -0.39 is 66.5 Å². The van der Waals surface area contributed by atoms with Gasteiger partial charge in [0.05, 0.1) is 0 Å². The fourth-order valence-electron chi connectivity index (χ4n) is 2.56. The third-order valence-corrected chi connectivity index (χ3v) is 3.56. The maximum absolute atomic E-state index is 12.0. The zero-order chi connectivity index (χ0) is 20.9. The van der Waals surface area contributed by atoms with Crippen LogP contribution in [0.1, 0.15) is 34.6 Å². The topological polar surface area (TPSA) is 152 Å². The van der Waals surface area contributed by atoms with Crippen LogP contribution in [0.4, 0.5) is 0 Å². The van der Waals surface area contributed by atoms with Crippen molar-refractivity contribution in [3.05, 3.63) is 0 Å². The van der Waals surface area contributed by atoms with Crippen LogP contribution >= 0.6 is 0 Å². The molecule has 1 N–H and O–H groups in total. The highest BCUT2D eigenvalue weighted by molar-refractivity contribution is 5.85. The first-order chi connectivity index (χ1) is 12.4. The zero-order valence-corrected chi connectivity index (χ0v) is 15.5. The number of ketones is 1. The number of esters is 4. The van der Waals surface area contributed by atoms with E-state index in [9.17, 15) is 29.1 Å². The summed E-state index contributed by atoms with van der Waals surface area (Å²) in [7, 11) is 0. The largest absolute Gasteiger partial charge is 0.463 e. The Balaban J connectivity index is 3.43. The van der Waals surface area contributed by atoms with Gasteiger partial charge in [-0.25, -0.2) is 0 Å². The van der Waals surface area contributed by atoms with E-state index in [1.807, 2.05) is 0 Å². The van der Waals surface area contributed by atoms with E-state index in [1.165, 1.54) is 0 Å². The molecule has 1 saturated heterocycles. The van der Waals surface area contributed by atoms with Crippen LogP contribution in [0, 0.1) is 0 Å². The van der Waals surface area contributed by atoms with E-state index in [2.05, 4.69) is 0 Å². The quantitative estimate of drug-likeness (QED) is 0.440. The van der Waals surface area contributed by atoms with Gasteiger partial charge in [-0.2, -0.15) is 0 Å². The summed E-state index contributed by atoms with van der Waals surface area (Å²) in [5, 5.41) is 10.7. The van der Waals surface area contributed by atoms with Gasteiger partial charge in [-0.05, 0) is 0 Å². The van der Waals surface area contributed by atoms with Gasteiger partial charge in [-0.3, -0.25) is 24.0 Å². The van der Waals surface area contributed by atoms with E-state index in [1.54, 1.807) is 0 Å². The first kappa shape index (κ1) is 22.5. The normalized spacial score (nSPS) is 30.0. The molecule has 0 saturated carbocycles. The Hall–Kier alpha value is -2.53. The minimum absolute atomic E-state index is 0.534. The Kier molecular flexibility index (Phi) is 7.43. The van der Waals surface area contributed by atoms with Gasteiger partial charge in [-0.1, -0.05) is 0 Å². The molecule has 1 rings (SSSR count). The molecule has 11 heteroatoms. The Bertz CT molecular complexity index is 628. The number of carbonyl (C=O) groups excluding carboxylic acids is 5. The van der Waals surface area contributed by atoms with Crippen LogP contribution in [0.5, 0.6) is 0 Å². The molecule has 0 amide bonds. The molecule has 1 fully saturated rings. The highest BCUT2D eigenvalue weighted by Gasteiger charge is 2.61. The SMILES string of the molecule is CC(=O)OC[C@H]1O[C@](O)(C(C)=O)[C@H](OC(C)=O)[C@H](OC(C)=O)[C@@H]1OC(C)=O. The second kappa shape index (κ2) is 8.91. The monoisotopic (exact) mass is 390 g/mol. The van der Waals surface area contributed by atoms with Crippen LogP contribution in [0.25, 0.3) is 0 Å². The molecule has 0 bridgehead atoms. The lowest BCUT2D eigenvalue weighted by Crippen LogP contribution is -2.70. The van der Waals surface area contributed by atoms with Crippen LogP contribution in [0.3, 0.4) is 0 Å². The van der Waals surface area contributed by atoms with E-state index in [0.29, 0.717) is 0 Å². The lowest BCUT2D eigenvalue weighted by molar-refractivity contribution is -0.334. The molecule has 1 aliphatic heterocycles. The first-order valence-corrected chi connectivity index (χ1v) is 7.94. The Labute approximate surface area is 154 Å². The molecule has 0 unspecified atom stereocenters. The molecular weight excluding hydrogens is 368 g/mol. The molecule has 5 atom stereocenters. The molecule has 11 nitrogen and oxygen atoms in total. The number of hydrogen-bond donors (Lipinski definition) is 1. The van der Waals surface area contributed by atoms with Crippen molar-refractivity contribution in [1.82, 2.24) is 0 Å². The smallest absolute Gasteiger partial charge is 0.303 e. The van der Waals surface area contributed by atoms with Crippen molar-refractivity contribution in [2.24, 2.45) is 0 Å². The number of Topliss-reactive ketones (excluding diaryl/α,β-unsaturated/α-hetero) is 1. The van der Waals surface area contributed by atoms with Crippen molar-refractivity contribution in [3.8, 4) is 0 Å². The van der Waals surface area contributed by atoms with Gasteiger partial charge < -0.3 is 28.8 Å². The van der Waals surface area contributed by atoms with Gasteiger partial charge in [0.25, 0.3) is 5.79 Å². The minimum atomic E-state index is -2.73. The fourth-order valence-corrected chi connectivity index (χ4v) is 2.56. The van der Waals surface area contributed by atoms with Gasteiger partial charge >= 0.3 is 23.9 Å². The molecule has 27 heavy (non-hydrogen) atoms. The first-order valence-electron chi connectivity index (χ1n) is 7.94. The molecule has 0 aromatic heterocycles. The van der Waals surface area contributed by atoms with Gasteiger partial charge in [0.1, 0.15) is 12.7 Å². The predicted octanol–water partition coefficient (Wildman–Crippen LogP) is -0.979. The number of ether oxygens (including phenoxy) is 5. The maximum Gasteiger partial charge on any atom is 0.303 e. The molecule has 0 radical (unpaired) electrons. The number of carbonyl (C=O) groups is 5. The average Bonchev–Trinajstić information content (AvgIpc) is 2.50. The average molecular weight is 390 g/mol. The molecule has 0 aromatic carbocycles. The van der Waals surface area contributed by atoms with Crippen molar-refractivity contribution >= 4 is 29.7 Å².